The van der Waals surface area contributed by atoms with Crippen LogP contribution < -0.4 is 5.46 Å². The van der Waals surface area contributed by atoms with Gasteiger partial charge in [-0.15, -0.1) is 0 Å². The summed E-state index contributed by atoms with van der Waals surface area (Å²) in [5.74, 6) is 0. The van der Waals surface area contributed by atoms with Crippen LogP contribution in [0, 0.1) is 0 Å². The summed E-state index contributed by atoms with van der Waals surface area (Å²) in [6.45, 7) is 0.291. The van der Waals surface area contributed by atoms with Gasteiger partial charge in [-0.25, -0.2) is 0 Å². The molecule has 0 aliphatic heterocycles. The molecular formula is C8H9BCl2O3. The van der Waals surface area contributed by atoms with Crippen molar-refractivity contribution in [3.63, 3.8) is 0 Å². The lowest BCUT2D eigenvalue weighted by molar-refractivity contribution is 0.185. The van der Waals surface area contributed by atoms with Crippen molar-refractivity contribution in [2.24, 2.45) is 0 Å². The van der Waals surface area contributed by atoms with Gasteiger partial charge in [0.1, 0.15) is 0 Å². The minimum Gasteiger partial charge on any atom is -0.423 e. The maximum absolute atomic E-state index is 8.90. The van der Waals surface area contributed by atoms with E-state index in [0.29, 0.717) is 22.2 Å². The molecule has 0 saturated heterocycles. The lowest BCUT2D eigenvalue weighted by atomic mass is 9.80. The molecule has 0 amide bonds. The Kier molecular flexibility index (Phi) is 4.22. The molecule has 0 spiro atoms. The molecule has 0 aromatic heterocycles. The number of halogens is 2. The van der Waals surface area contributed by atoms with Crippen molar-refractivity contribution in [3.05, 3.63) is 27.7 Å². The van der Waals surface area contributed by atoms with E-state index in [9.17, 15) is 0 Å². The zero-order valence-corrected chi connectivity index (χ0v) is 9.01. The third-order valence-electron chi connectivity index (χ3n) is 1.75. The number of hydrogen-bond donors (Lipinski definition) is 2. The van der Waals surface area contributed by atoms with Crippen LogP contribution in [0.2, 0.25) is 10.0 Å². The van der Waals surface area contributed by atoms with E-state index < -0.39 is 7.12 Å². The van der Waals surface area contributed by atoms with Crippen LogP contribution in [0.1, 0.15) is 5.56 Å². The second-order valence-corrected chi connectivity index (χ2v) is 3.58. The standard InChI is InChI=1S/C8H9BCl2O3/c1-14-4-6-7(10)2-5(9(12)13)3-8(6)11/h2-3,12-13H,4H2,1H3. The van der Waals surface area contributed by atoms with Crippen LogP contribution >= 0.6 is 23.2 Å². The van der Waals surface area contributed by atoms with Gasteiger partial charge in [-0.1, -0.05) is 23.2 Å². The Morgan fingerprint density at radius 3 is 2.14 bits per heavy atom. The molecule has 0 atom stereocenters. The van der Waals surface area contributed by atoms with Gasteiger partial charge < -0.3 is 14.8 Å². The summed E-state index contributed by atoms with van der Waals surface area (Å²) >= 11 is 11.7. The molecule has 0 fully saturated rings. The Labute approximate surface area is 92.4 Å². The largest absolute Gasteiger partial charge is 0.488 e. The Hall–Kier alpha value is -0.255. The van der Waals surface area contributed by atoms with Crippen LogP contribution in [-0.4, -0.2) is 24.3 Å². The number of ether oxygens (including phenoxy) is 1. The molecule has 76 valence electrons. The topological polar surface area (TPSA) is 49.7 Å². The summed E-state index contributed by atoms with van der Waals surface area (Å²) in [6.07, 6.45) is 0. The molecule has 0 saturated carbocycles. The molecule has 0 unspecified atom stereocenters. The van der Waals surface area contributed by atoms with E-state index >= 15 is 0 Å². The molecule has 1 aromatic rings. The van der Waals surface area contributed by atoms with Crippen LogP contribution in [0.4, 0.5) is 0 Å². The first-order chi connectivity index (χ1) is 6.56. The van der Waals surface area contributed by atoms with Crippen LogP contribution in [0.5, 0.6) is 0 Å². The van der Waals surface area contributed by atoms with Crippen LogP contribution in [0.3, 0.4) is 0 Å². The average Bonchev–Trinajstić information content (AvgIpc) is 2.10. The molecule has 14 heavy (non-hydrogen) atoms. The lowest BCUT2D eigenvalue weighted by Gasteiger charge is -2.08. The molecule has 0 aliphatic carbocycles. The Morgan fingerprint density at radius 2 is 1.79 bits per heavy atom. The summed E-state index contributed by atoms with van der Waals surface area (Å²) in [6, 6.07) is 2.90. The van der Waals surface area contributed by atoms with E-state index in [1.807, 2.05) is 0 Å². The van der Waals surface area contributed by atoms with Gasteiger partial charge in [-0.05, 0) is 17.6 Å². The molecule has 0 heterocycles. The molecule has 1 rings (SSSR count). The SMILES string of the molecule is COCc1c(Cl)cc(B(O)O)cc1Cl. The van der Waals surface area contributed by atoms with Gasteiger partial charge in [-0.3, -0.25) is 0 Å². The molecule has 0 radical (unpaired) electrons. The van der Waals surface area contributed by atoms with E-state index in [1.54, 1.807) is 0 Å². The van der Waals surface area contributed by atoms with Gasteiger partial charge in [0.05, 0.1) is 6.61 Å². The van der Waals surface area contributed by atoms with Crippen molar-refractivity contribution in [2.45, 2.75) is 6.61 Å². The highest BCUT2D eigenvalue weighted by Gasteiger charge is 2.15. The highest BCUT2D eigenvalue weighted by molar-refractivity contribution is 6.59. The van der Waals surface area contributed by atoms with Crippen molar-refractivity contribution in [3.8, 4) is 0 Å². The predicted octanol–water partition coefficient (Wildman–Crippen LogP) is 0.820. The van der Waals surface area contributed by atoms with E-state index in [0.717, 1.165) is 0 Å². The van der Waals surface area contributed by atoms with Crippen molar-refractivity contribution in [1.82, 2.24) is 0 Å². The normalized spacial score (nSPS) is 10.4. The van der Waals surface area contributed by atoms with Gasteiger partial charge in [0.15, 0.2) is 0 Å². The highest BCUT2D eigenvalue weighted by atomic mass is 35.5. The van der Waals surface area contributed by atoms with Crippen LogP contribution in [0.15, 0.2) is 12.1 Å². The summed E-state index contributed by atoms with van der Waals surface area (Å²) < 4.78 is 4.90. The monoisotopic (exact) mass is 234 g/mol. The summed E-state index contributed by atoms with van der Waals surface area (Å²) in [4.78, 5) is 0. The van der Waals surface area contributed by atoms with Crippen molar-refractivity contribution < 1.29 is 14.8 Å². The van der Waals surface area contributed by atoms with Crippen molar-refractivity contribution in [2.75, 3.05) is 7.11 Å². The third-order valence-corrected chi connectivity index (χ3v) is 2.42. The first-order valence-corrected chi connectivity index (χ1v) is 4.64. The molecule has 0 aliphatic rings. The Morgan fingerprint density at radius 1 is 1.29 bits per heavy atom. The zero-order valence-electron chi connectivity index (χ0n) is 7.50. The number of benzene rings is 1. The summed E-state index contributed by atoms with van der Waals surface area (Å²) in [5.41, 5.74) is 0.903. The summed E-state index contributed by atoms with van der Waals surface area (Å²) in [5, 5.41) is 18.5. The quantitative estimate of drug-likeness (QED) is 0.762. The molecule has 0 bridgehead atoms. The minimum atomic E-state index is -1.57. The van der Waals surface area contributed by atoms with Crippen molar-refractivity contribution in [1.29, 1.82) is 0 Å². The average molecular weight is 235 g/mol. The minimum absolute atomic E-state index is 0.264. The number of hydrogen-bond acceptors (Lipinski definition) is 3. The fourth-order valence-electron chi connectivity index (χ4n) is 1.05. The number of rotatable bonds is 3. The van der Waals surface area contributed by atoms with Crippen LogP contribution in [-0.2, 0) is 11.3 Å². The Balaban J connectivity index is 3.11. The highest BCUT2D eigenvalue weighted by Crippen LogP contribution is 2.23. The van der Waals surface area contributed by atoms with Crippen molar-refractivity contribution >= 4 is 35.8 Å². The van der Waals surface area contributed by atoms with E-state index in [4.69, 9.17) is 38.0 Å². The fourth-order valence-corrected chi connectivity index (χ4v) is 1.67. The summed E-state index contributed by atoms with van der Waals surface area (Å²) in [7, 11) is -0.0387. The molecular weight excluding hydrogens is 226 g/mol. The second kappa shape index (κ2) is 5.00. The predicted molar refractivity (Wildman–Crippen MR) is 57.0 cm³/mol. The van der Waals surface area contributed by atoms with E-state index in [-0.39, 0.29) is 5.46 Å². The Bertz CT molecular complexity index is 307. The first kappa shape index (κ1) is 11.8. The van der Waals surface area contributed by atoms with Gasteiger partial charge in [-0.2, -0.15) is 0 Å². The smallest absolute Gasteiger partial charge is 0.423 e. The maximum atomic E-state index is 8.90. The zero-order chi connectivity index (χ0) is 10.7. The van der Waals surface area contributed by atoms with E-state index in [1.165, 1.54) is 19.2 Å². The molecule has 3 nitrogen and oxygen atoms in total. The molecule has 6 heteroatoms. The maximum Gasteiger partial charge on any atom is 0.488 e. The van der Waals surface area contributed by atoms with Gasteiger partial charge in [0.25, 0.3) is 0 Å². The van der Waals surface area contributed by atoms with Gasteiger partial charge in [0, 0.05) is 22.7 Å². The van der Waals surface area contributed by atoms with Crippen LogP contribution in [0.25, 0.3) is 0 Å². The fraction of sp³-hybridized carbons (Fsp3) is 0.250. The lowest BCUT2D eigenvalue weighted by Crippen LogP contribution is -2.30. The third kappa shape index (κ3) is 2.62. The second-order valence-electron chi connectivity index (χ2n) is 2.77. The van der Waals surface area contributed by atoms with E-state index in [2.05, 4.69) is 0 Å². The number of methoxy groups -OCH3 is 1. The molecule has 2 N–H and O–H groups in total. The first-order valence-electron chi connectivity index (χ1n) is 3.89. The molecule has 1 aromatic carbocycles. The van der Waals surface area contributed by atoms with Gasteiger partial charge >= 0.3 is 7.12 Å². The van der Waals surface area contributed by atoms with Gasteiger partial charge in [0.2, 0.25) is 0 Å².